The topological polar surface area (TPSA) is 77.2 Å². The van der Waals surface area contributed by atoms with Crippen LogP contribution in [-0.2, 0) is 11.3 Å². The summed E-state index contributed by atoms with van der Waals surface area (Å²) in [6, 6.07) is 13.0. The predicted octanol–water partition coefficient (Wildman–Crippen LogP) is 4.26. The fraction of sp³-hybridized carbons (Fsp3) is 0.158. The molecule has 1 aromatic heterocycles. The number of nitrogens with one attached hydrogen (secondary N) is 1. The Hall–Kier alpha value is -2.79. The molecular weight excluding hydrogens is 338 g/mol. The average molecular weight is 356 g/mol. The Labute approximate surface area is 150 Å². The van der Waals surface area contributed by atoms with E-state index in [4.69, 9.17) is 22.1 Å². The monoisotopic (exact) mass is 355 g/mol. The third-order valence-corrected chi connectivity index (χ3v) is 4.21. The molecule has 0 aliphatic carbocycles. The van der Waals surface area contributed by atoms with E-state index in [-0.39, 0.29) is 6.61 Å². The molecule has 0 atom stereocenters. The van der Waals surface area contributed by atoms with Crippen LogP contribution in [0.2, 0.25) is 5.02 Å². The number of nitrogens with zero attached hydrogens (tertiary/aromatic N) is 1. The molecule has 0 saturated heterocycles. The first-order valence-electron chi connectivity index (χ1n) is 7.93. The number of benzene rings is 2. The van der Waals surface area contributed by atoms with Gasteiger partial charge in [0.15, 0.2) is 0 Å². The Morgan fingerprint density at radius 1 is 1.24 bits per heavy atom. The minimum absolute atomic E-state index is 0.289. The van der Waals surface area contributed by atoms with Crippen molar-refractivity contribution in [1.29, 1.82) is 0 Å². The third-order valence-electron chi connectivity index (χ3n) is 3.84. The van der Waals surface area contributed by atoms with Crippen LogP contribution in [-0.4, -0.2) is 17.6 Å². The molecule has 3 aromatic rings. The summed E-state index contributed by atoms with van der Waals surface area (Å²) in [7, 11) is 0. The van der Waals surface area contributed by atoms with E-state index in [0.29, 0.717) is 34.0 Å². The number of esters is 1. The summed E-state index contributed by atoms with van der Waals surface area (Å²) in [4.78, 5) is 16.6. The standard InChI is InChI=1S/C19H18ClN3O2/c1-2-25-19(24)14-11-23-18-13(7-5-9-16(18)21)17(14)22-10-12-6-3-4-8-15(12)20/h3-9,11H,2,10,21H2,1H3,(H,22,23). The molecule has 25 heavy (non-hydrogen) atoms. The number of aromatic nitrogens is 1. The normalized spacial score (nSPS) is 10.6. The fourth-order valence-electron chi connectivity index (χ4n) is 2.63. The smallest absolute Gasteiger partial charge is 0.341 e. The number of carbonyl (C=O) groups excluding carboxylic acids is 1. The molecule has 0 radical (unpaired) electrons. The summed E-state index contributed by atoms with van der Waals surface area (Å²) >= 11 is 6.22. The Kier molecular flexibility index (Phi) is 5.05. The van der Waals surface area contributed by atoms with Gasteiger partial charge >= 0.3 is 5.97 Å². The second-order valence-corrected chi connectivity index (χ2v) is 5.86. The molecule has 2 aromatic carbocycles. The maximum atomic E-state index is 12.3. The highest BCUT2D eigenvalue weighted by molar-refractivity contribution is 6.31. The SMILES string of the molecule is CCOC(=O)c1cnc2c(N)cccc2c1NCc1ccccc1Cl. The molecule has 3 rings (SSSR count). The lowest BCUT2D eigenvalue weighted by atomic mass is 10.1. The van der Waals surface area contributed by atoms with Gasteiger partial charge in [0.05, 0.1) is 23.5 Å². The van der Waals surface area contributed by atoms with Crippen molar-refractivity contribution in [3.8, 4) is 0 Å². The number of rotatable bonds is 5. The highest BCUT2D eigenvalue weighted by atomic mass is 35.5. The molecule has 0 bridgehead atoms. The maximum absolute atomic E-state index is 12.3. The van der Waals surface area contributed by atoms with Gasteiger partial charge in [0.2, 0.25) is 0 Å². The predicted molar refractivity (Wildman–Crippen MR) is 101 cm³/mol. The number of pyridine rings is 1. The van der Waals surface area contributed by atoms with E-state index >= 15 is 0 Å². The number of hydrogen-bond acceptors (Lipinski definition) is 5. The molecule has 0 aliphatic rings. The van der Waals surface area contributed by atoms with Gasteiger partial charge in [0.1, 0.15) is 5.56 Å². The molecule has 0 unspecified atom stereocenters. The van der Waals surface area contributed by atoms with Crippen LogP contribution in [0.15, 0.2) is 48.7 Å². The van der Waals surface area contributed by atoms with Crippen LogP contribution < -0.4 is 11.1 Å². The molecule has 3 N–H and O–H groups in total. The number of para-hydroxylation sites is 1. The lowest BCUT2D eigenvalue weighted by Crippen LogP contribution is -2.11. The Morgan fingerprint density at radius 2 is 2.04 bits per heavy atom. The molecular formula is C19H18ClN3O2. The number of ether oxygens (including phenoxy) is 1. The summed E-state index contributed by atoms with van der Waals surface area (Å²) in [6.07, 6.45) is 1.49. The average Bonchev–Trinajstić information content (AvgIpc) is 2.61. The lowest BCUT2D eigenvalue weighted by molar-refractivity contribution is 0.0527. The largest absolute Gasteiger partial charge is 0.462 e. The van der Waals surface area contributed by atoms with Crippen LogP contribution in [0.5, 0.6) is 0 Å². The Balaban J connectivity index is 2.06. The van der Waals surface area contributed by atoms with E-state index in [9.17, 15) is 4.79 Å². The minimum Gasteiger partial charge on any atom is -0.462 e. The zero-order chi connectivity index (χ0) is 17.8. The first-order chi connectivity index (χ1) is 12.1. The summed E-state index contributed by atoms with van der Waals surface area (Å²) in [6.45, 7) is 2.51. The molecule has 128 valence electrons. The second kappa shape index (κ2) is 7.40. The van der Waals surface area contributed by atoms with Crippen LogP contribution in [0.25, 0.3) is 10.9 Å². The maximum Gasteiger partial charge on any atom is 0.341 e. The molecule has 0 spiro atoms. The molecule has 6 heteroatoms. The minimum atomic E-state index is -0.430. The lowest BCUT2D eigenvalue weighted by Gasteiger charge is -2.15. The quantitative estimate of drug-likeness (QED) is 0.528. The van der Waals surface area contributed by atoms with Crippen LogP contribution in [0.1, 0.15) is 22.8 Å². The number of nitrogen functional groups attached to an aromatic ring is 1. The van der Waals surface area contributed by atoms with Crippen LogP contribution in [0.4, 0.5) is 11.4 Å². The molecule has 0 saturated carbocycles. The van der Waals surface area contributed by atoms with Crippen molar-refractivity contribution in [2.75, 3.05) is 17.7 Å². The summed E-state index contributed by atoms with van der Waals surface area (Å²) in [5.41, 5.74) is 9.13. The van der Waals surface area contributed by atoms with Gasteiger partial charge in [-0.1, -0.05) is 41.9 Å². The van der Waals surface area contributed by atoms with Crippen molar-refractivity contribution >= 4 is 39.8 Å². The van der Waals surface area contributed by atoms with Crippen molar-refractivity contribution in [3.63, 3.8) is 0 Å². The number of carbonyl (C=O) groups is 1. The Bertz CT molecular complexity index is 928. The number of fused-ring (bicyclic) bond motifs is 1. The van der Waals surface area contributed by atoms with Gasteiger partial charge in [-0.3, -0.25) is 4.98 Å². The summed E-state index contributed by atoms with van der Waals surface area (Å²) < 4.78 is 5.15. The van der Waals surface area contributed by atoms with Crippen LogP contribution in [0.3, 0.4) is 0 Å². The Morgan fingerprint density at radius 3 is 2.80 bits per heavy atom. The van der Waals surface area contributed by atoms with E-state index in [1.165, 1.54) is 6.20 Å². The van der Waals surface area contributed by atoms with Gasteiger partial charge in [-0.25, -0.2) is 4.79 Å². The molecule has 5 nitrogen and oxygen atoms in total. The van der Waals surface area contributed by atoms with Gasteiger partial charge in [0, 0.05) is 23.2 Å². The molecule has 0 amide bonds. The van der Waals surface area contributed by atoms with Gasteiger partial charge in [-0.05, 0) is 24.6 Å². The van der Waals surface area contributed by atoms with Gasteiger partial charge in [0.25, 0.3) is 0 Å². The number of halogens is 1. The van der Waals surface area contributed by atoms with E-state index in [1.54, 1.807) is 13.0 Å². The summed E-state index contributed by atoms with van der Waals surface area (Å²) in [5.74, 6) is -0.430. The van der Waals surface area contributed by atoms with Gasteiger partial charge in [-0.2, -0.15) is 0 Å². The van der Waals surface area contributed by atoms with Crippen molar-refractivity contribution < 1.29 is 9.53 Å². The van der Waals surface area contributed by atoms with Crippen molar-refractivity contribution in [1.82, 2.24) is 4.98 Å². The van der Waals surface area contributed by atoms with Crippen LogP contribution >= 0.6 is 11.6 Å². The van der Waals surface area contributed by atoms with E-state index < -0.39 is 5.97 Å². The summed E-state index contributed by atoms with van der Waals surface area (Å²) in [5, 5.41) is 4.72. The molecule has 0 fully saturated rings. The molecule has 1 heterocycles. The van der Waals surface area contributed by atoms with Crippen molar-refractivity contribution in [2.45, 2.75) is 13.5 Å². The van der Waals surface area contributed by atoms with Gasteiger partial charge in [-0.15, -0.1) is 0 Å². The van der Waals surface area contributed by atoms with Crippen molar-refractivity contribution in [2.24, 2.45) is 0 Å². The third kappa shape index (κ3) is 3.51. The van der Waals surface area contributed by atoms with E-state index in [0.717, 1.165) is 10.9 Å². The number of hydrogen-bond donors (Lipinski definition) is 2. The first kappa shape index (κ1) is 17.0. The highest BCUT2D eigenvalue weighted by Crippen LogP contribution is 2.30. The molecule has 0 aliphatic heterocycles. The van der Waals surface area contributed by atoms with E-state index in [1.807, 2.05) is 36.4 Å². The fourth-order valence-corrected chi connectivity index (χ4v) is 2.83. The highest BCUT2D eigenvalue weighted by Gasteiger charge is 2.17. The van der Waals surface area contributed by atoms with Crippen molar-refractivity contribution in [3.05, 3.63) is 64.8 Å². The van der Waals surface area contributed by atoms with E-state index in [2.05, 4.69) is 10.3 Å². The first-order valence-corrected chi connectivity index (χ1v) is 8.31. The second-order valence-electron chi connectivity index (χ2n) is 5.46. The number of anilines is 2. The van der Waals surface area contributed by atoms with Gasteiger partial charge < -0.3 is 15.8 Å². The zero-order valence-corrected chi connectivity index (χ0v) is 14.5. The zero-order valence-electron chi connectivity index (χ0n) is 13.8. The van der Waals surface area contributed by atoms with Crippen LogP contribution in [0, 0.1) is 0 Å². The number of nitrogens with two attached hydrogens (primary N) is 1.